The van der Waals surface area contributed by atoms with Gasteiger partial charge in [-0.1, -0.05) is 30.3 Å². The summed E-state index contributed by atoms with van der Waals surface area (Å²) in [7, 11) is 2.17. The highest BCUT2D eigenvalue weighted by molar-refractivity contribution is 5.37. The van der Waals surface area contributed by atoms with Crippen LogP contribution in [0.5, 0.6) is 0 Å². The molecule has 0 radical (unpaired) electrons. The predicted octanol–water partition coefficient (Wildman–Crippen LogP) is 1.68. The molecule has 100 valence electrons. The number of hydrogen-bond donors (Lipinski definition) is 0. The number of anilines is 1. The molecule has 0 aliphatic carbocycles. The molecule has 2 heterocycles. The Hall–Kier alpha value is -1.81. The highest BCUT2D eigenvalue weighted by Gasteiger charge is 2.15. The van der Waals surface area contributed by atoms with E-state index in [0.29, 0.717) is 0 Å². The van der Waals surface area contributed by atoms with Crippen LogP contribution >= 0.6 is 0 Å². The summed E-state index contributed by atoms with van der Waals surface area (Å²) in [5.41, 5.74) is 1.29. The number of rotatable bonds is 3. The maximum atomic E-state index is 4.68. The number of hydrogen-bond acceptors (Lipinski definition) is 3. The first-order valence-electron chi connectivity index (χ1n) is 6.82. The van der Waals surface area contributed by atoms with E-state index in [4.69, 9.17) is 0 Å². The lowest BCUT2D eigenvalue weighted by molar-refractivity contribution is 0.311. The van der Waals surface area contributed by atoms with Gasteiger partial charge in [0.2, 0.25) is 0 Å². The first-order chi connectivity index (χ1) is 9.31. The number of aromatic nitrogens is 2. The topological polar surface area (TPSA) is 24.3 Å². The summed E-state index contributed by atoms with van der Waals surface area (Å²) in [5, 5.41) is 4.68. The minimum Gasteiger partial charge on any atom is -0.353 e. The lowest BCUT2D eigenvalue weighted by Gasteiger charge is -2.32. The van der Waals surface area contributed by atoms with Crippen molar-refractivity contribution in [1.29, 1.82) is 0 Å². The van der Waals surface area contributed by atoms with Gasteiger partial charge in [0.25, 0.3) is 0 Å². The van der Waals surface area contributed by atoms with Crippen molar-refractivity contribution in [3.63, 3.8) is 0 Å². The van der Waals surface area contributed by atoms with Gasteiger partial charge in [-0.3, -0.25) is 4.68 Å². The molecule has 0 saturated carbocycles. The van der Waals surface area contributed by atoms with Gasteiger partial charge in [0, 0.05) is 38.4 Å². The van der Waals surface area contributed by atoms with Gasteiger partial charge in [-0.05, 0) is 12.6 Å². The third-order valence-electron chi connectivity index (χ3n) is 3.64. The summed E-state index contributed by atoms with van der Waals surface area (Å²) in [6.07, 6.45) is 2.07. The van der Waals surface area contributed by atoms with Gasteiger partial charge in [-0.25, -0.2) is 0 Å². The zero-order chi connectivity index (χ0) is 13.1. The predicted molar refractivity (Wildman–Crippen MR) is 77.5 cm³/mol. The standard InChI is InChI=1S/C15H20N4/c1-17-9-11-18(12-10-17)15-7-8-19(16-15)13-14-5-3-2-4-6-14/h2-8H,9-13H2,1H3. The Morgan fingerprint density at radius 3 is 2.47 bits per heavy atom. The molecule has 0 atom stereocenters. The van der Waals surface area contributed by atoms with E-state index in [1.54, 1.807) is 0 Å². The van der Waals surface area contributed by atoms with Crippen molar-refractivity contribution in [2.75, 3.05) is 38.1 Å². The van der Waals surface area contributed by atoms with Gasteiger partial charge in [0.1, 0.15) is 0 Å². The Morgan fingerprint density at radius 1 is 1.00 bits per heavy atom. The van der Waals surface area contributed by atoms with Crippen LogP contribution in [0.3, 0.4) is 0 Å². The SMILES string of the molecule is CN1CCN(c2ccn(Cc3ccccc3)n2)CC1. The molecule has 19 heavy (non-hydrogen) atoms. The molecule has 0 spiro atoms. The Balaban J connectivity index is 1.66. The van der Waals surface area contributed by atoms with Crippen LogP contribution in [0.25, 0.3) is 0 Å². The number of piperazine rings is 1. The second-order valence-electron chi connectivity index (χ2n) is 5.15. The molecule has 1 aromatic carbocycles. The van der Waals surface area contributed by atoms with Crippen molar-refractivity contribution < 1.29 is 0 Å². The molecular formula is C15H20N4. The first-order valence-corrected chi connectivity index (χ1v) is 6.82. The zero-order valence-electron chi connectivity index (χ0n) is 11.4. The van der Waals surface area contributed by atoms with Crippen LogP contribution in [-0.4, -0.2) is 47.9 Å². The maximum Gasteiger partial charge on any atom is 0.150 e. The molecule has 2 aromatic rings. The smallest absolute Gasteiger partial charge is 0.150 e. The van der Waals surface area contributed by atoms with Crippen LogP contribution in [0, 0.1) is 0 Å². The van der Waals surface area contributed by atoms with Crippen LogP contribution in [-0.2, 0) is 6.54 Å². The van der Waals surface area contributed by atoms with Crippen LogP contribution < -0.4 is 4.90 Å². The van der Waals surface area contributed by atoms with E-state index in [1.807, 2.05) is 10.7 Å². The van der Waals surface area contributed by atoms with Gasteiger partial charge >= 0.3 is 0 Å². The minimum atomic E-state index is 0.842. The first kappa shape index (κ1) is 12.2. The highest BCUT2D eigenvalue weighted by Crippen LogP contribution is 2.13. The monoisotopic (exact) mass is 256 g/mol. The molecule has 1 fully saturated rings. The van der Waals surface area contributed by atoms with Gasteiger partial charge in [0.05, 0.1) is 6.54 Å². The van der Waals surface area contributed by atoms with E-state index in [9.17, 15) is 0 Å². The van der Waals surface area contributed by atoms with Crippen molar-refractivity contribution in [3.05, 3.63) is 48.2 Å². The molecule has 1 aromatic heterocycles. The molecule has 4 nitrogen and oxygen atoms in total. The van der Waals surface area contributed by atoms with E-state index in [1.165, 1.54) is 5.56 Å². The van der Waals surface area contributed by atoms with Crippen LogP contribution in [0.1, 0.15) is 5.56 Å². The van der Waals surface area contributed by atoms with Crippen LogP contribution in [0.15, 0.2) is 42.6 Å². The summed E-state index contributed by atoms with van der Waals surface area (Å²) in [4.78, 5) is 4.72. The van der Waals surface area contributed by atoms with Crippen molar-refractivity contribution in [2.45, 2.75) is 6.54 Å². The maximum absolute atomic E-state index is 4.68. The average Bonchev–Trinajstić information content (AvgIpc) is 2.89. The Bertz CT molecular complexity index is 512. The average molecular weight is 256 g/mol. The number of nitrogens with zero attached hydrogens (tertiary/aromatic N) is 4. The molecular weight excluding hydrogens is 236 g/mol. The van der Waals surface area contributed by atoms with Gasteiger partial charge < -0.3 is 9.80 Å². The second-order valence-corrected chi connectivity index (χ2v) is 5.15. The van der Waals surface area contributed by atoms with Crippen LogP contribution in [0.2, 0.25) is 0 Å². The van der Waals surface area contributed by atoms with E-state index >= 15 is 0 Å². The molecule has 3 rings (SSSR count). The Labute approximate surface area is 114 Å². The van der Waals surface area contributed by atoms with Crippen molar-refractivity contribution in [3.8, 4) is 0 Å². The van der Waals surface area contributed by atoms with Crippen molar-refractivity contribution >= 4 is 5.82 Å². The lowest BCUT2D eigenvalue weighted by Crippen LogP contribution is -2.44. The summed E-state index contributed by atoms with van der Waals surface area (Å²) in [6, 6.07) is 12.6. The highest BCUT2D eigenvalue weighted by atomic mass is 15.4. The van der Waals surface area contributed by atoms with Crippen molar-refractivity contribution in [2.24, 2.45) is 0 Å². The lowest BCUT2D eigenvalue weighted by atomic mass is 10.2. The largest absolute Gasteiger partial charge is 0.353 e. The molecule has 1 aliphatic rings. The fraction of sp³-hybridized carbons (Fsp3) is 0.400. The van der Waals surface area contributed by atoms with Crippen LogP contribution in [0.4, 0.5) is 5.82 Å². The summed E-state index contributed by atoms with van der Waals surface area (Å²) in [5.74, 6) is 1.10. The summed E-state index contributed by atoms with van der Waals surface area (Å²) in [6.45, 7) is 5.21. The molecule has 0 unspecified atom stereocenters. The van der Waals surface area contributed by atoms with Gasteiger partial charge in [-0.2, -0.15) is 5.10 Å². The minimum absolute atomic E-state index is 0.842. The molecule has 1 aliphatic heterocycles. The molecule has 0 bridgehead atoms. The Morgan fingerprint density at radius 2 is 1.74 bits per heavy atom. The fourth-order valence-corrected chi connectivity index (χ4v) is 2.41. The third-order valence-corrected chi connectivity index (χ3v) is 3.64. The van der Waals surface area contributed by atoms with Crippen molar-refractivity contribution in [1.82, 2.24) is 14.7 Å². The quantitative estimate of drug-likeness (QED) is 0.835. The van der Waals surface area contributed by atoms with E-state index in [0.717, 1.165) is 38.5 Å². The van der Waals surface area contributed by atoms with Gasteiger partial charge in [0.15, 0.2) is 5.82 Å². The molecule has 4 heteroatoms. The van der Waals surface area contributed by atoms with E-state index < -0.39 is 0 Å². The molecule has 1 saturated heterocycles. The Kier molecular flexibility index (Phi) is 3.51. The second kappa shape index (κ2) is 5.45. The molecule has 0 N–H and O–H groups in total. The summed E-state index contributed by atoms with van der Waals surface area (Å²) < 4.78 is 2.02. The number of likely N-dealkylation sites (N-methyl/N-ethyl adjacent to an activating group) is 1. The zero-order valence-corrected chi connectivity index (χ0v) is 11.4. The van der Waals surface area contributed by atoms with Gasteiger partial charge in [-0.15, -0.1) is 0 Å². The van der Waals surface area contributed by atoms with E-state index in [-0.39, 0.29) is 0 Å². The molecule has 0 amide bonds. The normalized spacial score (nSPS) is 16.8. The number of benzene rings is 1. The summed E-state index contributed by atoms with van der Waals surface area (Å²) >= 11 is 0. The third kappa shape index (κ3) is 2.96. The van der Waals surface area contributed by atoms with E-state index in [2.05, 4.69) is 58.5 Å². The fourth-order valence-electron chi connectivity index (χ4n) is 2.41.